The second-order valence-electron chi connectivity index (χ2n) is 13.4. The molecule has 0 bridgehead atoms. The number of rotatable bonds is 6. The van der Waals surface area contributed by atoms with E-state index < -0.39 is 53.8 Å². The fourth-order valence-electron chi connectivity index (χ4n) is 8.10. The molecule has 3 nitrogen and oxygen atoms in total. The quantitative estimate of drug-likeness (QED) is 0.170. The van der Waals surface area contributed by atoms with Crippen molar-refractivity contribution < 1.29 is 16.4 Å². The smallest absolute Gasteiger partial charge is 0.164 e. The predicted octanol–water partition coefficient (Wildman–Crippen LogP) is 13.3. The highest BCUT2D eigenvalue weighted by atomic mass is 32.1. The summed E-state index contributed by atoms with van der Waals surface area (Å²) in [4.78, 5) is 14.8. The van der Waals surface area contributed by atoms with Crippen molar-refractivity contribution in [2.75, 3.05) is 0 Å². The van der Waals surface area contributed by atoms with Crippen LogP contribution in [0, 0.1) is 0 Å². The van der Waals surface area contributed by atoms with E-state index in [-0.39, 0.29) is 68.2 Å². The summed E-state index contributed by atoms with van der Waals surface area (Å²) in [6.45, 7) is 0. The zero-order chi connectivity index (χ0) is 47.5. The lowest BCUT2D eigenvalue weighted by Gasteiger charge is -2.33. The predicted molar refractivity (Wildman–Crippen MR) is 232 cm³/mol. The molecule has 10 aromatic rings. The monoisotopic (exact) mass is 743 g/mol. The van der Waals surface area contributed by atoms with Gasteiger partial charge in [0.25, 0.3) is 0 Å². The lowest BCUT2D eigenvalue weighted by Crippen LogP contribution is -2.28. The van der Waals surface area contributed by atoms with Gasteiger partial charge in [0.15, 0.2) is 17.5 Å². The standard InChI is InChI=1S/C52H33N3S/c1-4-16-35(17-5-1)49-53-50(36-32-30-34(31-33-36)39-24-14-25-41-40-22-11-13-29-46(40)56-48(39)41)55-51(54-49)43-26-15-28-45-47(43)42-23-10-12-27-44(42)52(45,37-18-6-2-7-19-37)38-20-8-3-9-21-38/h1-33H/i1D,4D,5D,11D,13D,14D,16D,17D,22D,24D,25D,29D. The van der Waals surface area contributed by atoms with Gasteiger partial charge in [-0.2, -0.15) is 0 Å². The van der Waals surface area contributed by atoms with Crippen LogP contribution in [-0.4, -0.2) is 15.0 Å². The van der Waals surface area contributed by atoms with Crippen LogP contribution in [-0.2, 0) is 5.41 Å². The average molecular weight is 744 g/mol. The number of hydrogen-bond donors (Lipinski definition) is 0. The number of hydrogen-bond acceptors (Lipinski definition) is 4. The summed E-state index contributed by atoms with van der Waals surface area (Å²) in [7, 11) is 0. The van der Waals surface area contributed by atoms with Crippen molar-refractivity contribution in [1.29, 1.82) is 0 Å². The molecule has 0 N–H and O–H groups in total. The largest absolute Gasteiger partial charge is 0.208 e. The van der Waals surface area contributed by atoms with E-state index in [1.165, 1.54) is 0 Å². The van der Waals surface area contributed by atoms with Gasteiger partial charge in [-0.15, -0.1) is 11.3 Å². The van der Waals surface area contributed by atoms with Crippen molar-refractivity contribution in [1.82, 2.24) is 15.0 Å². The molecule has 0 spiro atoms. The van der Waals surface area contributed by atoms with E-state index in [0.717, 1.165) is 44.7 Å². The van der Waals surface area contributed by atoms with Crippen molar-refractivity contribution in [2.24, 2.45) is 0 Å². The Balaban J connectivity index is 1.15. The second kappa shape index (κ2) is 13.1. The van der Waals surface area contributed by atoms with Crippen LogP contribution in [0.3, 0.4) is 0 Å². The second-order valence-corrected chi connectivity index (χ2v) is 14.4. The van der Waals surface area contributed by atoms with Crippen LogP contribution in [0.5, 0.6) is 0 Å². The SMILES string of the molecule is [2H]c1c([2H])c([2H])c(-c2nc(-c3ccc(-c4c([2H])c([2H])c([2H])c5c4sc4c([2H])c([2H])c([2H])c([2H])c45)cc3)nc(-c3cccc4c3-c3ccccc3C4(c3ccccc3)c3ccccc3)n2)c([2H])c1[2H]. The van der Waals surface area contributed by atoms with E-state index >= 15 is 0 Å². The molecule has 0 amide bonds. The first kappa shape index (κ1) is 22.4. The third-order valence-corrected chi connectivity index (χ3v) is 11.6. The molecule has 0 radical (unpaired) electrons. The van der Waals surface area contributed by atoms with Crippen LogP contribution in [0.2, 0.25) is 0 Å². The zero-order valence-corrected chi connectivity index (χ0v) is 30.2. The van der Waals surface area contributed by atoms with Crippen LogP contribution in [0.15, 0.2) is 200 Å². The van der Waals surface area contributed by atoms with Crippen LogP contribution in [0.1, 0.15) is 38.7 Å². The minimum absolute atomic E-state index is 0.120. The van der Waals surface area contributed by atoms with Crippen molar-refractivity contribution in [2.45, 2.75) is 5.41 Å². The van der Waals surface area contributed by atoms with Gasteiger partial charge >= 0.3 is 0 Å². The third-order valence-electron chi connectivity index (χ3n) is 10.5. The molecule has 56 heavy (non-hydrogen) atoms. The lowest BCUT2D eigenvalue weighted by atomic mass is 9.67. The first-order valence-corrected chi connectivity index (χ1v) is 18.8. The first-order chi connectivity index (χ1) is 32.7. The van der Waals surface area contributed by atoms with E-state index in [0.29, 0.717) is 21.4 Å². The van der Waals surface area contributed by atoms with Crippen molar-refractivity contribution in [3.63, 3.8) is 0 Å². The molecule has 262 valence electrons. The van der Waals surface area contributed by atoms with Gasteiger partial charge in [-0.05, 0) is 50.6 Å². The highest BCUT2D eigenvalue weighted by Crippen LogP contribution is 2.58. The number of nitrogens with zero attached hydrogens (tertiary/aromatic N) is 3. The first-order valence-electron chi connectivity index (χ1n) is 24.0. The summed E-state index contributed by atoms with van der Waals surface area (Å²) >= 11 is 1.04. The molecule has 11 rings (SSSR count). The zero-order valence-electron chi connectivity index (χ0n) is 41.4. The Bertz CT molecular complexity index is 3700. The Morgan fingerprint density at radius 3 is 1.77 bits per heavy atom. The fraction of sp³-hybridized carbons (Fsp3) is 0.0192. The Kier molecular flexibility index (Phi) is 5.23. The maximum Gasteiger partial charge on any atom is 0.164 e. The summed E-state index contributed by atoms with van der Waals surface area (Å²) in [5.74, 6) is 0.168. The molecular formula is C52H33N3S. The number of benzene rings is 8. The minimum Gasteiger partial charge on any atom is -0.208 e. The van der Waals surface area contributed by atoms with Gasteiger partial charge in [0.05, 0.1) is 21.9 Å². The number of fused-ring (bicyclic) bond motifs is 6. The molecule has 0 saturated heterocycles. The van der Waals surface area contributed by atoms with Gasteiger partial charge < -0.3 is 0 Å². The molecule has 0 unspecified atom stereocenters. The molecular weight excluding hydrogens is 699 g/mol. The molecule has 0 fully saturated rings. The fourth-order valence-corrected chi connectivity index (χ4v) is 9.18. The Morgan fingerprint density at radius 1 is 0.411 bits per heavy atom. The summed E-state index contributed by atoms with van der Waals surface area (Å²) in [5.41, 5.74) is 6.78. The molecule has 0 aliphatic heterocycles. The van der Waals surface area contributed by atoms with Crippen LogP contribution in [0.25, 0.3) is 76.6 Å². The molecule has 1 aliphatic carbocycles. The maximum atomic E-state index is 9.04. The van der Waals surface area contributed by atoms with Crippen LogP contribution >= 0.6 is 11.3 Å². The summed E-state index contributed by atoms with van der Waals surface area (Å²) < 4.78 is 104. The van der Waals surface area contributed by atoms with Crippen LogP contribution < -0.4 is 0 Å². The molecule has 0 atom stereocenters. The normalized spacial score (nSPS) is 15.8. The van der Waals surface area contributed by atoms with Crippen molar-refractivity contribution >= 4 is 31.5 Å². The van der Waals surface area contributed by atoms with Gasteiger partial charge in [0, 0.05) is 36.9 Å². The van der Waals surface area contributed by atoms with Gasteiger partial charge in [0.1, 0.15) is 0 Å². The summed E-state index contributed by atoms with van der Waals surface area (Å²) in [5, 5.41) is 0.299. The van der Waals surface area contributed by atoms with Crippen LogP contribution in [0.4, 0.5) is 0 Å². The average Bonchev–Trinajstić information content (AvgIpc) is 3.92. The maximum absolute atomic E-state index is 9.04. The van der Waals surface area contributed by atoms with E-state index in [1.54, 1.807) is 24.3 Å². The van der Waals surface area contributed by atoms with E-state index in [1.807, 2.05) is 60.7 Å². The van der Waals surface area contributed by atoms with Gasteiger partial charge in [-0.25, -0.2) is 15.0 Å². The van der Waals surface area contributed by atoms with Gasteiger partial charge in [-0.1, -0.05) is 194 Å². The number of aromatic nitrogens is 3. The van der Waals surface area contributed by atoms with Crippen molar-refractivity contribution in [3.05, 3.63) is 222 Å². The highest BCUT2D eigenvalue weighted by molar-refractivity contribution is 7.26. The molecule has 2 aromatic heterocycles. The molecule has 2 heterocycles. The molecule has 1 aliphatic rings. The topological polar surface area (TPSA) is 38.7 Å². The lowest BCUT2D eigenvalue weighted by molar-refractivity contribution is 0.768. The van der Waals surface area contributed by atoms with E-state index in [9.17, 15) is 0 Å². The molecule has 0 saturated carbocycles. The minimum atomic E-state index is -0.753. The molecule has 4 heteroatoms. The number of thiophene rings is 1. The summed E-state index contributed by atoms with van der Waals surface area (Å²) in [6.07, 6.45) is 0. The third kappa shape index (κ3) is 5.00. The van der Waals surface area contributed by atoms with E-state index in [2.05, 4.69) is 42.5 Å². The molecule has 8 aromatic carbocycles. The Labute approximate surface area is 346 Å². The Hall–Kier alpha value is -7.01. The van der Waals surface area contributed by atoms with Crippen molar-refractivity contribution in [3.8, 4) is 56.4 Å². The Morgan fingerprint density at radius 2 is 1.00 bits per heavy atom. The summed E-state index contributed by atoms with van der Waals surface area (Å²) in [6, 6.07) is 36.5. The van der Waals surface area contributed by atoms with Gasteiger partial charge in [-0.3, -0.25) is 0 Å². The van der Waals surface area contributed by atoms with E-state index in [4.69, 9.17) is 31.4 Å². The van der Waals surface area contributed by atoms with Gasteiger partial charge in [0.2, 0.25) is 0 Å². The highest BCUT2D eigenvalue weighted by Gasteiger charge is 2.47.